The van der Waals surface area contributed by atoms with Crippen LogP contribution in [0.15, 0.2) is 24.3 Å². The highest BCUT2D eigenvalue weighted by molar-refractivity contribution is 5.66. The molecule has 0 aliphatic heterocycles. The Hall–Kier alpha value is -2.41. The molecule has 0 fully saturated rings. The summed E-state index contributed by atoms with van der Waals surface area (Å²) in [6.45, 7) is 3.04. The molecule has 20 heavy (non-hydrogen) atoms. The van der Waals surface area contributed by atoms with E-state index in [2.05, 4.69) is 5.10 Å². The SMILES string of the molecule is CCn1nc(-c2ccc(OC)c([N+](=O)[O-])c2)cc1CN. The number of hydrogen-bond donors (Lipinski definition) is 1. The summed E-state index contributed by atoms with van der Waals surface area (Å²) in [4.78, 5) is 10.6. The van der Waals surface area contributed by atoms with E-state index in [1.807, 2.05) is 13.0 Å². The number of ether oxygens (including phenoxy) is 1. The molecule has 2 aromatic rings. The second kappa shape index (κ2) is 5.70. The minimum absolute atomic E-state index is 0.0784. The van der Waals surface area contributed by atoms with Crippen molar-refractivity contribution in [3.63, 3.8) is 0 Å². The molecular formula is C13H16N4O3. The number of nitrogens with zero attached hydrogens (tertiary/aromatic N) is 3. The van der Waals surface area contributed by atoms with Gasteiger partial charge in [-0.3, -0.25) is 14.8 Å². The van der Waals surface area contributed by atoms with Crippen LogP contribution >= 0.6 is 0 Å². The molecule has 0 unspecified atom stereocenters. The van der Waals surface area contributed by atoms with Gasteiger partial charge in [-0.1, -0.05) is 0 Å². The highest BCUT2D eigenvalue weighted by Gasteiger charge is 2.17. The molecule has 0 aliphatic rings. The third-order valence-corrected chi connectivity index (χ3v) is 3.04. The molecule has 1 aromatic heterocycles. The molecule has 7 heteroatoms. The largest absolute Gasteiger partial charge is 0.490 e. The Labute approximate surface area is 116 Å². The second-order valence-corrected chi connectivity index (χ2v) is 4.18. The maximum Gasteiger partial charge on any atom is 0.311 e. The minimum atomic E-state index is -0.469. The van der Waals surface area contributed by atoms with Crippen LogP contribution in [-0.2, 0) is 13.1 Å². The number of nitro groups is 1. The molecule has 0 bridgehead atoms. The predicted molar refractivity (Wildman–Crippen MR) is 74.4 cm³/mol. The number of methoxy groups -OCH3 is 1. The van der Waals surface area contributed by atoms with E-state index in [0.29, 0.717) is 24.3 Å². The van der Waals surface area contributed by atoms with Gasteiger partial charge in [0.2, 0.25) is 0 Å². The van der Waals surface area contributed by atoms with Gasteiger partial charge in [0.05, 0.1) is 23.4 Å². The van der Waals surface area contributed by atoms with Crippen molar-refractivity contribution < 1.29 is 9.66 Å². The number of nitrogens with two attached hydrogens (primary N) is 1. The Morgan fingerprint density at radius 2 is 2.20 bits per heavy atom. The Bertz CT molecular complexity index is 615. The summed E-state index contributed by atoms with van der Waals surface area (Å²) < 4.78 is 6.76. The highest BCUT2D eigenvalue weighted by Crippen LogP contribution is 2.31. The number of aromatic nitrogens is 2. The van der Waals surface area contributed by atoms with E-state index in [9.17, 15) is 10.1 Å². The Morgan fingerprint density at radius 3 is 2.70 bits per heavy atom. The topological polar surface area (TPSA) is 96.2 Å². The van der Waals surface area contributed by atoms with E-state index in [1.54, 1.807) is 16.8 Å². The van der Waals surface area contributed by atoms with Gasteiger partial charge < -0.3 is 10.5 Å². The fourth-order valence-electron chi connectivity index (χ4n) is 2.03. The number of benzene rings is 1. The van der Waals surface area contributed by atoms with Gasteiger partial charge in [0.25, 0.3) is 0 Å². The van der Waals surface area contributed by atoms with Crippen molar-refractivity contribution in [1.29, 1.82) is 0 Å². The van der Waals surface area contributed by atoms with Gasteiger partial charge in [-0.25, -0.2) is 0 Å². The molecule has 1 aromatic carbocycles. The summed E-state index contributed by atoms with van der Waals surface area (Å²) >= 11 is 0. The first kappa shape index (κ1) is 14.0. The van der Waals surface area contributed by atoms with Crippen molar-refractivity contribution in [1.82, 2.24) is 9.78 Å². The van der Waals surface area contributed by atoms with Crippen LogP contribution in [0.5, 0.6) is 5.75 Å². The van der Waals surface area contributed by atoms with Gasteiger partial charge in [0, 0.05) is 24.7 Å². The Kier molecular flexibility index (Phi) is 3.99. The quantitative estimate of drug-likeness (QED) is 0.665. The normalized spacial score (nSPS) is 10.6. The van der Waals surface area contributed by atoms with Gasteiger partial charge >= 0.3 is 5.69 Å². The maximum absolute atomic E-state index is 11.0. The number of nitro benzene ring substituents is 1. The fraction of sp³-hybridized carbons (Fsp3) is 0.308. The summed E-state index contributed by atoms with van der Waals surface area (Å²) in [7, 11) is 1.40. The standard InChI is InChI=1S/C13H16N4O3/c1-3-16-10(8-14)7-11(15-16)9-4-5-13(20-2)12(6-9)17(18)19/h4-7H,3,8,14H2,1-2H3. The Balaban J connectivity index is 2.50. The zero-order chi connectivity index (χ0) is 14.7. The van der Waals surface area contributed by atoms with Gasteiger partial charge in [-0.2, -0.15) is 5.10 Å². The van der Waals surface area contributed by atoms with Gasteiger partial charge in [-0.05, 0) is 25.1 Å². The molecule has 1 heterocycles. The molecule has 0 atom stereocenters. The van der Waals surface area contributed by atoms with E-state index in [4.69, 9.17) is 10.5 Å². The highest BCUT2D eigenvalue weighted by atomic mass is 16.6. The molecule has 2 N–H and O–H groups in total. The van der Waals surface area contributed by atoms with Crippen LogP contribution in [0.3, 0.4) is 0 Å². The third-order valence-electron chi connectivity index (χ3n) is 3.04. The monoisotopic (exact) mass is 276 g/mol. The van der Waals surface area contributed by atoms with Gasteiger partial charge in [-0.15, -0.1) is 0 Å². The summed E-state index contributed by atoms with van der Waals surface area (Å²) in [5.41, 5.74) is 7.79. The summed E-state index contributed by atoms with van der Waals surface area (Å²) in [6.07, 6.45) is 0. The van der Waals surface area contributed by atoms with Crippen LogP contribution in [0.25, 0.3) is 11.3 Å². The third kappa shape index (κ3) is 2.48. The van der Waals surface area contributed by atoms with Crippen LogP contribution < -0.4 is 10.5 Å². The van der Waals surface area contributed by atoms with E-state index < -0.39 is 4.92 Å². The predicted octanol–water partition coefficient (Wildman–Crippen LogP) is 1.95. The average Bonchev–Trinajstić information content (AvgIpc) is 2.89. The molecule has 7 nitrogen and oxygen atoms in total. The minimum Gasteiger partial charge on any atom is -0.490 e. The van der Waals surface area contributed by atoms with Crippen molar-refractivity contribution in [2.75, 3.05) is 7.11 Å². The molecule has 0 radical (unpaired) electrons. The molecule has 0 saturated heterocycles. The van der Waals surface area contributed by atoms with Crippen molar-refractivity contribution in [2.24, 2.45) is 5.73 Å². The van der Waals surface area contributed by atoms with Crippen molar-refractivity contribution in [3.05, 3.63) is 40.1 Å². The van der Waals surface area contributed by atoms with Crippen LogP contribution in [0.4, 0.5) is 5.69 Å². The van der Waals surface area contributed by atoms with E-state index >= 15 is 0 Å². The zero-order valence-electron chi connectivity index (χ0n) is 11.4. The van der Waals surface area contributed by atoms with Crippen LogP contribution in [0, 0.1) is 10.1 Å². The first-order chi connectivity index (χ1) is 9.60. The van der Waals surface area contributed by atoms with Crippen molar-refractivity contribution in [3.8, 4) is 17.0 Å². The van der Waals surface area contributed by atoms with E-state index in [1.165, 1.54) is 13.2 Å². The second-order valence-electron chi connectivity index (χ2n) is 4.18. The maximum atomic E-state index is 11.0. The molecule has 0 spiro atoms. The van der Waals surface area contributed by atoms with E-state index in [0.717, 1.165) is 5.69 Å². The molecule has 106 valence electrons. The smallest absolute Gasteiger partial charge is 0.311 e. The lowest BCUT2D eigenvalue weighted by molar-refractivity contribution is -0.385. The van der Waals surface area contributed by atoms with E-state index in [-0.39, 0.29) is 11.4 Å². The number of hydrogen-bond acceptors (Lipinski definition) is 5. The summed E-state index contributed by atoms with van der Waals surface area (Å²) in [6, 6.07) is 6.62. The molecule has 0 aliphatic carbocycles. The summed E-state index contributed by atoms with van der Waals surface area (Å²) in [5, 5.41) is 15.4. The van der Waals surface area contributed by atoms with Crippen molar-refractivity contribution >= 4 is 5.69 Å². The lowest BCUT2D eigenvalue weighted by Crippen LogP contribution is -2.06. The molecule has 2 rings (SSSR count). The van der Waals surface area contributed by atoms with Gasteiger partial charge in [0.15, 0.2) is 5.75 Å². The number of rotatable bonds is 5. The lowest BCUT2D eigenvalue weighted by Gasteiger charge is -2.03. The molecule has 0 saturated carbocycles. The fourth-order valence-corrected chi connectivity index (χ4v) is 2.03. The van der Waals surface area contributed by atoms with Crippen LogP contribution in [0.2, 0.25) is 0 Å². The zero-order valence-corrected chi connectivity index (χ0v) is 11.4. The number of aryl methyl sites for hydroxylation is 1. The summed E-state index contributed by atoms with van der Waals surface area (Å²) in [5.74, 6) is 0.229. The molecule has 0 amide bonds. The average molecular weight is 276 g/mol. The van der Waals surface area contributed by atoms with Crippen LogP contribution in [-0.4, -0.2) is 21.8 Å². The lowest BCUT2D eigenvalue weighted by atomic mass is 10.1. The first-order valence-corrected chi connectivity index (χ1v) is 6.20. The van der Waals surface area contributed by atoms with Crippen molar-refractivity contribution in [2.45, 2.75) is 20.0 Å². The molecular weight excluding hydrogens is 260 g/mol. The van der Waals surface area contributed by atoms with Crippen LogP contribution in [0.1, 0.15) is 12.6 Å². The first-order valence-electron chi connectivity index (χ1n) is 6.20. The Morgan fingerprint density at radius 1 is 1.45 bits per heavy atom. The van der Waals surface area contributed by atoms with Gasteiger partial charge in [0.1, 0.15) is 0 Å².